The fraction of sp³-hybridized carbons (Fsp3) is 0.208. The SMILES string of the molecule is CCn1cc(Br)c(-c2ccnc3cc(C(=O)Nc4cccc(Cn5nc(C)cc5C)c4)nn23)n1. The molecule has 0 unspecified atom stereocenters. The molecule has 5 aromatic rings. The third-order valence-corrected chi connectivity index (χ3v) is 6.08. The quantitative estimate of drug-likeness (QED) is 0.357. The number of hydrogen-bond acceptors (Lipinski definition) is 5. The molecule has 9 nitrogen and oxygen atoms in total. The minimum atomic E-state index is -0.308. The van der Waals surface area contributed by atoms with E-state index in [9.17, 15) is 4.79 Å². The average molecular weight is 519 g/mol. The highest BCUT2D eigenvalue weighted by Gasteiger charge is 2.17. The van der Waals surface area contributed by atoms with Crippen LogP contribution in [0, 0.1) is 13.8 Å². The zero-order chi connectivity index (χ0) is 23.8. The summed E-state index contributed by atoms with van der Waals surface area (Å²) >= 11 is 3.57. The minimum absolute atomic E-state index is 0.273. The maximum atomic E-state index is 13.0. The molecule has 0 saturated carbocycles. The van der Waals surface area contributed by atoms with E-state index in [1.807, 2.05) is 72.7 Å². The van der Waals surface area contributed by atoms with Crippen LogP contribution in [0.4, 0.5) is 5.69 Å². The van der Waals surface area contributed by atoms with Crippen molar-refractivity contribution in [3.63, 3.8) is 0 Å². The van der Waals surface area contributed by atoms with Gasteiger partial charge in [-0.25, -0.2) is 9.50 Å². The number of fused-ring (bicyclic) bond motifs is 1. The topological polar surface area (TPSA) is 94.9 Å². The van der Waals surface area contributed by atoms with Crippen molar-refractivity contribution in [1.82, 2.24) is 34.2 Å². The minimum Gasteiger partial charge on any atom is -0.321 e. The van der Waals surface area contributed by atoms with Crippen LogP contribution in [-0.4, -0.2) is 40.1 Å². The van der Waals surface area contributed by atoms with Crippen molar-refractivity contribution in [2.24, 2.45) is 0 Å². The maximum absolute atomic E-state index is 13.0. The fourth-order valence-corrected chi connectivity index (χ4v) is 4.39. The molecule has 4 heterocycles. The maximum Gasteiger partial charge on any atom is 0.276 e. The van der Waals surface area contributed by atoms with E-state index in [1.54, 1.807) is 16.8 Å². The van der Waals surface area contributed by atoms with E-state index in [-0.39, 0.29) is 11.6 Å². The van der Waals surface area contributed by atoms with E-state index in [0.717, 1.165) is 39.4 Å². The highest BCUT2D eigenvalue weighted by Crippen LogP contribution is 2.27. The van der Waals surface area contributed by atoms with Crippen LogP contribution in [0.15, 0.2) is 59.3 Å². The third-order valence-electron chi connectivity index (χ3n) is 5.49. The number of aryl methyl sites for hydroxylation is 3. The number of rotatable bonds is 6. The van der Waals surface area contributed by atoms with Crippen LogP contribution < -0.4 is 5.32 Å². The van der Waals surface area contributed by atoms with E-state index < -0.39 is 0 Å². The first-order chi connectivity index (χ1) is 16.4. The largest absolute Gasteiger partial charge is 0.321 e. The van der Waals surface area contributed by atoms with Gasteiger partial charge in [0.25, 0.3) is 5.91 Å². The second-order valence-electron chi connectivity index (χ2n) is 8.05. The molecule has 5 rings (SSSR count). The Labute approximate surface area is 204 Å². The number of amides is 1. The van der Waals surface area contributed by atoms with Gasteiger partial charge in [0.2, 0.25) is 0 Å². The van der Waals surface area contributed by atoms with Crippen LogP contribution in [0.3, 0.4) is 0 Å². The molecule has 0 aliphatic rings. The van der Waals surface area contributed by atoms with E-state index in [2.05, 4.69) is 41.5 Å². The molecule has 4 aromatic heterocycles. The number of carbonyl (C=O) groups is 1. The van der Waals surface area contributed by atoms with Gasteiger partial charge in [-0.1, -0.05) is 12.1 Å². The smallest absolute Gasteiger partial charge is 0.276 e. The number of nitrogens with zero attached hydrogens (tertiary/aromatic N) is 7. The second kappa shape index (κ2) is 8.86. The fourth-order valence-electron chi connectivity index (χ4n) is 3.87. The van der Waals surface area contributed by atoms with Gasteiger partial charge in [-0.3, -0.25) is 14.2 Å². The summed E-state index contributed by atoms with van der Waals surface area (Å²) in [6.45, 7) is 7.41. The van der Waals surface area contributed by atoms with Crippen molar-refractivity contribution in [2.45, 2.75) is 33.9 Å². The Balaban J connectivity index is 1.40. The van der Waals surface area contributed by atoms with Gasteiger partial charge < -0.3 is 5.32 Å². The Morgan fingerprint density at radius 1 is 1.09 bits per heavy atom. The summed E-state index contributed by atoms with van der Waals surface area (Å²) in [6, 6.07) is 13.3. The van der Waals surface area contributed by atoms with Crippen LogP contribution in [-0.2, 0) is 13.1 Å². The summed E-state index contributed by atoms with van der Waals surface area (Å²) in [5.74, 6) is -0.308. The highest BCUT2D eigenvalue weighted by molar-refractivity contribution is 9.10. The van der Waals surface area contributed by atoms with E-state index >= 15 is 0 Å². The summed E-state index contributed by atoms with van der Waals surface area (Å²) in [5, 5.41) is 16.6. The summed E-state index contributed by atoms with van der Waals surface area (Å²) in [5.41, 5.74) is 6.13. The van der Waals surface area contributed by atoms with Crippen LogP contribution >= 0.6 is 15.9 Å². The zero-order valence-electron chi connectivity index (χ0n) is 19.0. The van der Waals surface area contributed by atoms with E-state index in [0.29, 0.717) is 17.9 Å². The van der Waals surface area contributed by atoms with Crippen molar-refractivity contribution in [2.75, 3.05) is 5.32 Å². The third kappa shape index (κ3) is 4.24. The molecule has 0 saturated heterocycles. The molecule has 0 fully saturated rings. The number of hydrogen-bond donors (Lipinski definition) is 1. The average Bonchev–Trinajstić information content (AvgIpc) is 3.50. The van der Waals surface area contributed by atoms with Gasteiger partial charge in [-0.2, -0.15) is 15.3 Å². The molecule has 0 atom stereocenters. The van der Waals surface area contributed by atoms with Gasteiger partial charge in [0.05, 0.1) is 22.4 Å². The normalized spacial score (nSPS) is 11.3. The van der Waals surface area contributed by atoms with Gasteiger partial charge in [-0.05, 0) is 66.5 Å². The molecule has 0 radical (unpaired) electrons. The molecule has 0 aliphatic carbocycles. The number of halogens is 1. The second-order valence-corrected chi connectivity index (χ2v) is 8.90. The Kier molecular flexibility index (Phi) is 5.74. The Morgan fingerprint density at radius 3 is 2.68 bits per heavy atom. The first-order valence-electron chi connectivity index (χ1n) is 10.9. The van der Waals surface area contributed by atoms with E-state index in [1.165, 1.54) is 0 Å². The van der Waals surface area contributed by atoms with E-state index in [4.69, 9.17) is 0 Å². The Hall–Kier alpha value is -3.79. The molecular weight excluding hydrogens is 496 g/mol. The first-order valence-corrected chi connectivity index (χ1v) is 11.7. The molecular formula is C24H23BrN8O. The molecule has 1 aromatic carbocycles. The lowest BCUT2D eigenvalue weighted by molar-refractivity contribution is 0.102. The van der Waals surface area contributed by atoms with Gasteiger partial charge in [0, 0.05) is 36.4 Å². The number of benzene rings is 1. The van der Waals surface area contributed by atoms with Crippen LogP contribution in [0.1, 0.15) is 34.4 Å². The first kappa shape index (κ1) is 22.0. The van der Waals surface area contributed by atoms with Gasteiger partial charge >= 0.3 is 0 Å². The van der Waals surface area contributed by atoms with Crippen molar-refractivity contribution in [1.29, 1.82) is 0 Å². The lowest BCUT2D eigenvalue weighted by atomic mass is 10.2. The monoisotopic (exact) mass is 518 g/mol. The summed E-state index contributed by atoms with van der Waals surface area (Å²) in [7, 11) is 0. The van der Waals surface area contributed by atoms with Gasteiger partial charge in [0.1, 0.15) is 5.69 Å². The number of aromatic nitrogens is 7. The van der Waals surface area contributed by atoms with Crippen molar-refractivity contribution < 1.29 is 4.79 Å². The Bertz CT molecular complexity index is 1510. The number of carbonyl (C=O) groups excluding carboxylic acids is 1. The number of anilines is 1. The lowest BCUT2D eigenvalue weighted by Gasteiger charge is -2.08. The van der Waals surface area contributed by atoms with Crippen molar-refractivity contribution in [3.05, 3.63) is 82.0 Å². The van der Waals surface area contributed by atoms with Crippen LogP contribution in [0.25, 0.3) is 17.0 Å². The van der Waals surface area contributed by atoms with Crippen molar-refractivity contribution >= 4 is 33.2 Å². The molecule has 10 heteroatoms. The van der Waals surface area contributed by atoms with Crippen molar-refractivity contribution in [3.8, 4) is 11.4 Å². The predicted molar refractivity (Wildman–Crippen MR) is 133 cm³/mol. The summed E-state index contributed by atoms with van der Waals surface area (Å²) in [6.07, 6.45) is 3.60. The summed E-state index contributed by atoms with van der Waals surface area (Å²) in [4.78, 5) is 17.4. The van der Waals surface area contributed by atoms with Crippen LogP contribution in [0.5, 0.6) is 0 Å². The molecule has 1 N–H and O–H groups in total. The molecule has 0 spiro atoms. The van der Waals surface area contributed by atoms with Gasteiger partial charge in [-0.15, -0.1) is 0 Å². The molecule has 1 amide bonds. The zero-order valence-corrected chi connectivity index (χ0v) is 20.6. The molecule has 0 aliphatic heterocycles. The molecule has 0 bridgehead atoms. The van der Waals surface area contributed by atoms with Gasteiger partial charge in [0.15, 0.2) is 11.3 Å². The standard InChI is InChI=1S/C24H23BrN8O/c1-4-31-14-19(25)23(30-31)21-8-9-26-22-12-20(29-33(21)22)24(34)27-18-7-5-6-17(11-18)13-32-16(3)10-15(2)28-32/h5-12,14H,4,13H2,1-3H3,(H,27,34). The molecule has 172 valence electrons. The predicted octanol–water partition coefficient (Wildman–Crippen LogP) is 4.49. The van der Waals surface area contributed by atoms with Crippen LogP contribution in [0.2, 0.25) is 0 Å². The number of nitrogens with one attached hydrogen (secondary N) is 1. The molecule has 34 heavy (non-hydrogen) atoms. The highest BCUT2D eigenvalue weighted by atomic mass is 79.9. The summed E-state index contributed by atoms with van der Waals surface area (Å²) < 4.78 is 6.27. The lowest BCUT2D eigenvalue weighted by Crippen LogP contribution is -2.13. The Morgan fingerprint density at radius 2 is 1.94 bits per heavy atom.